The van der Waals surface area contributed by atoms with Crippen molar-refractivity contribution in [3.63, 3.8) is 0 Å². The van der Waals surface area contributed by atoms with Crippen molar-refractivity contribution in [3.8, 4) is 5.75 Å². The standard InChI is InChI=1S/C20H26N2O2/c1-4-16-7-6-8-18(13-16)21-20(23)15-22(3)14-17-9-11-19(12-10-17)24-5-2/h6-13H,4-5,14-15H2,1-3H3,(H,21,23). The van der Waals surface area contributed by atoms with Gasteiger partial charge in [-0.25, -0.2) is 0 Å². The van der Waals surface area contributed by atoms with Gasteiger partial charge in [-0.1, -0.05) is 31.2 Å². The third kappa shape index (κ3) is 5.70. The van der Waals surface area contributed by atoms with Gasteiger partial charge in [-0.2, -0.15) is 0 Å². The van der Waals surface area contributed by atoms with Crippen LogP contribution in [-0.4, -0.2) is 31.0 Å². The molecule has 0 aliphatic carbocycles. The van der Waals surface area contributed by atoms with Gasteiger partial charge in [0.15, 0.2) is 0 Å². The van der Waals surface area contributed by atoms with Crippen molar-refractivity contribution in [1.82, 2.24) is 4.90 Å². The molecule has 4 nitrogen and oxygen atoms in total. The fourth-order valence-corrected chi connectivity index (χ4v) is 2.54. The molecule has 0 aliphatic heterocycles. The molecule has 0 unspecified atom stereocenters. The summed E-state index contributed by atoms with van der Waals surface area (Å²) in [4.78, 5) is 14.2. The number of ether oxygens (including phenoxy) is 1. The van der Waals surface area contributed by atoms with Crippen molar-refractivity contribution < 1.29 is 9.53 Å². The second-order valence-electron chi connectivity index (χ2n) is 5.85. The number of anilines is 1. The van der Waals surface area contributed by atoms with Crippen molar-refractivity contribution in [2.45, 2.75) is 26.8 Å². The SMILES string of the molecule is CCOc1ccc(CN(C)CC(=O)Nc2cccc(CC)c2)cc1. The minimum absolute atomic E-state index is 0.00307. The molecule has 0 aliphatic rings. The molecule has 0 spiro atoms. The predicted molar refractivity (Wildman–Crippen MR) is 98.4 cm³/mol. The summed E-state index contributed by atoms with van der Waals surface area (Å²) in [5.41, 5.74) is 3.23. The van der Waals surface area contributed by atoms with E-state index in [0.717, 1.165) is 30.0 Å². The Morgan fingerprint density at radius 3 is 2.50 bits per heavy atom. The van der Waals surface area contributed by atoms with Crippen LogP contribution in [0.3, 0.4) is 0 Å². The molecule has 0 aromatic heterocycles. The Hall–Kier alpha value is -2.33. The third-order valence-electron chi connectivity index (χ3n) is 3.72. The Bertz CT molecular complexity index is 653. The van der Waals surface area contributed by atoms with Gasteiger partial charge in [0.2, 0.25) is 5.91 Å². The first-order valence-corrected chi connectivity index (χ1v) is 8.39. The molecule has 0 heterocycles. The van der Waals surface area contributed by atoms with E-state index < -0.39 is 0 Å². The molecule has 0 bridgehead atoms. The minimum Gasteiger partial charge on any atom is -0.494 e. The van der Waals surface area contributed by atoms with E-state index in [-0.39, 0.29) is 5.91 Å². The Morgan fingerprint density at radius 1 is 1.08 bits per heavy atom. The number of aryl methyl sites for hydroxylation is 1. The fraction of sp³-hybridized carbons (Fsp3) is 0.350. The van der Waals surface area contributed by atoms with Gasteiger partial charge in [0.1, 0.15) is 5.75 Å². The number of likely N-dealkylation sites (N-methyl/N-ethyl adjacent to an activating group) is 1. The maximum atomic E-state index is 12.2. The van der Waals surface area contributed by atoms with Gasteiger partial charge < -0.3 is 10.1 Å². The molecular formula is C20H26N2O2. The lowest BCUT2D eigenvalue weighted by Gasteiger charge is -2.17. The van der Waals surface area contributed by atoms with Crippen LogP contribution in [0, 0.1) is 0 Å². The van der Waals surface area contributed by atoms with Gasteiger partial charge in [0.25, 0.3) is 0 Å². The number of nitrogens with one attached hydrogen (secondary N) is 1. The fourth-order valence-electron chi connectivity index (χ4n) is 2.54. The molecule has 4 heteroatoms. The molecule has 2 aromatic carbocycles. The summed E-state index contributed by atoms with van der Waals surface area (Å²) >= 11 is 0. The molecule has 2 rings (SSSR count). The zero-order valence-corrected chi connectivity index (χ0v) is 14.7. The lowest BCUT2D eigenvalue weighted by Crippen LogP contribution is -2.29. The molecule has 0 fully saturated rings. The summed E-state index contributed by atoms with van der Waals surface area (Å²) < 4.78 is 5.44. The second-order valence-corrected chi connectivity index (χ2v) is 5.85. The highest BCUT2D eigenvalue weighted by Gasteiger charge is 2.08. The van der Waals surface area contributed by atoms with E-state index in [4.69, 9.17) is 4.74 Å². The monoisotopic (exact) mass is 326 g/mol. The highest BCUT2D eigenvalue weighted by atomic mass is 16.5. The zero-order valence-electron chi connectivity index (χ0n) is 14.7. The number of carbonyl (C=O) groups is 1. The maximum Gasteiger partial charge on any atom is 0.238 e. The van der Waals surface area contributed by atoms with E-state index in [1.54, 1.807) is 0 Å². The van der Waals surface area contributed by atoms with Gasteiger partial charge in [-0.15, -0.1) is 0 Å². The summed E-state index contributed by atoms with van der Waals surface area (Å²) in [6.45, 7) is 5.80. The normalized spacial score (nSPS) is 10.7. The summed E-state index contributed by atoms with van der Waals surface area (Å²) in [6, 6.07) is 16.0. The average molecular weight is 326 g/mol. The first kappa shape index (κ1) is 18.0. The zero-order chi connectivity index (χ0) is 17.4. The Labute approximate surface area is 144 Å². The molecule has 0 radical (unpaired) electrons. The van der Waals surface area contributed by atoms with Crippen molar-refractivity contribution in [2.24, 2.45) is 0 Å². The third-order valence-corrected chi connectivity index (χ3v) is 3.72. The van der Waals surface area contributed by atoms with E-state index >= 15 is 0 Å². The average Bonchev–Trinajstić information content (AvgIpc) is 2.57. The summed E-state index contributed by atoms with van der Waals surface area (Å²) in [5.74, 6) is 0.870. The number of amides is 1. The highest BCUT2D eigenvalue weighted by Crippen LogP contribution is 2.14. The summed E-state index contributed by atoms with van der Waals surface area (Å²) in [7, 11) is 1.94. The highest BCUT2D eigenvalue weighted by molar-refractivity contribution is 5.92. The van der Waals surface area contributed by atoms with Crippen LogP contribution in [0.15, 0.2) is 48.5 Å². The van der Waals surface area contributed by atoms with Crippen LogP contribution in [-0.2, 0) is 17.8 Å². The van der Waals surface area contributed by atoms with Crippen LogP contribution in [0.2, 0.25) is 0 Å². The molecule has 1 amide bonds. The van der Waals surface area contributed by atoms with Crippen molar-refractivity contribution in [1.29, 1.82) is 0 Å². The van der Waals surface area contributed by atoms with E-state index in [9.17, 15) is 4.79 Å². The van der Waals surface area contributed by atoms with Gasteiger partial charge in [0, 0.05) is 12.2 Å². The minimum atomic E-state index is -0.00307. The molecule has 0 saturated carbocycles. The lowest BCUT2D eigenvalue weighted by molar-refractivity contribution is -0.117. The van der Waals surface area contributed by atoms with E-state index in [0.29, 0.717) is 13.2 Å². The first-order chi connectivity index (χ1) is 11.6. The smallest absolute Gasteiger partial charge is 0.238 e. The number of benzene rings is 2. The molecule has 1 N–H and O–H groups in total. The summed E-state index contributed by atoms with van der Waals surface area (Å²) in [5, 5.41) is 2.96. The van der Waals surface area contributed by atoms with Gasteiger partial charge in [-0.3, -0.25) is 9.69 Å². The van der Waals surface area contributed by atoms with Crippen LogP contribution in [0.4, 0.5) is 5.69 Å². The predicted octanol–water partition coefficient (Wildman–Crippen LogP) is 3.72. The maximum absolute atomic E-state index is 12.2. The Morgan fingerprint density at radius 2 is 1.83 bits per heavy atom. The number of rotatable bonds is 8. The molecule has 2 aromatic rings. The second kappa shape index (κ2) is 9.08. The van der Waals surface area contributed by atoms with Crippen LogP contribution in [0.25, 0.3) is 0 Å². The summed E-state index contributed by atoms with van der Waals surface area (Å²) in [6.07, 6.45) is 0.960. The van der Waals surface area contributed by atoms with Crippen molar-refractivity contribution in [2.75, 3.05) is 25.5 Å². The van der Waals surface area contributed by atoms with Crippen LogP contribution < -0.4 is 10.1 Å². The van der Waals surface area contributed by atoms with E-state index in [2.05, 4.69) is 18.3 Å². The Balaban J connectivity index is 1.84. The van der Waals surface area contributed by atoms with Crippen LogP contribution in [0.5, 0.6) is 5.75 Å². The Kier molecular flexibility index (Phi) is 6.82. The van der Waals surface area contributed by atoms with Crippen LogP contribution in [0.1, 0.15) is 25.0 Å². The molecule has 128 valence electrons. The topological polar surface area (TPSA) is 41.6 Å². The van der Waals surface area contributed by atoms with Crippen molar-refractivity contribution in [3.05, 3.63) is 59.7 Å². The number of hydrogen-bond donors (Lipinski definition) is 1. The molecule has 0 saturated heterocycles. The van der Waals surface area contributed by atoms with E-state index in [1.165, 1.54) is 5.56 Å². The number of nitrogens with zero attached hydrogens (tertiary/aromatic N) is 1. The van der Waals surface area contributed by atoms with Crippen molar-refractivity contribution >= 4 is 11.6 Å². The lowest BCUT2D eigenvalue weighted by atomic mass is 10.1. The van der Waals surface area contributed by atoms with E-state index in [1.807, 2.05) is 61.3 Å². The number of carbonyl (C=O) groups excluding carboxylic acids is 1. The molecule has 0 atom stereocenters. The quantitative estimate of drug-likeness (QED) is 0.804. The van der Waals surface area contributed by atoms with Gasteiger partial charge in [0.05, 0.1) is 13.2 Å². The largest absolute Gasteiger partial charge is 0.494 e. The number of hydrogen-bond acceptors (Lipinski definition) is 3. The van der Waals surface area contributed by atoms with Gasteiger partial charge >= 0.3 is 0 Å². The molecular weight excluding hydrogens is 300 g/mol. The van der Waals surface area contributed by atoms with Crippen LogP contribution >= 0.6 is 0 Å². The first-order valence-electron chi connectivity index (χ1n) is 8.39. The molecule has 24 heavy (non-hydrogen) atoms. The van der Waals surface area contributed by atoms with Gasteiger partial charge in [-0.05, 0) is 55.8 Å².